The SMILES string of the molecule is Cc1ccc(S(=O)(=O)[C@@H](C#N)c2nc3ccccc3nc2Sc2ccccc2)cc1. The largest absolute Gasteiger partial charge is 0.246 e. The Bertz CT molecular complexity index is 1350. The van der Waals surface area contributed by atoms with E-state index in [0.717, 1.165) is 10.5 Å². The van der Waals surface area contributed by atoms with Crippen molar-refractivity contribution in [3.63, 3.8) is 0 Å². The number of aromatic nitrogens is 2. The molecule has 1 aromatic heterocycles. The Morgan fingerprint density at radius 3 is 2.10 bits per heavy atom. The molecule has 0 bridgehead atoms. The topological polar surface area (TPSA) is 83.7 Å². The van der Waals surface area contributed by atoms with Crippen molar-refractivity contribution in [2.24, 2.45) is 0 Å². The summed E-state index contributed by atoms with van der Waals surface area (Å²) >= 11 is 1.30. The van der Waals surface area contributed by atoms with E-state index in [1.54, 1.807) is 24.3 Å². The highest BCUT2D eigenvalue weighted by Crippen LogP contribution is 2.36. The Morgan fingerprint density at radius 2 is 1.47 bits per heavy atom. The molecule has 0 aliphatic carbocycles. The molecule has 3 aromatic carbocycles. The smallest absolute Gasteiger partial charge is 0.200 e. The summed E-state index contributed by atoms with van der Waals surface area (Å²) in [5, 5.41) is 8.82. The molecule has 0 N–H and O–H groups in total. The second-order valence-corrected chi connectivity index (χ2v) is 9.78. The predicted molar refractivity (Wildman–Crippen MR) is 117 cm³/mol. The highest BCUT2D eigenvalue weighted by atomic mass is 32.2. The molecule has 0 amide bonds. The molecule has 0 aliphatic rings. The molecule has 0 spiro atoms. The number of aryl methyl sites for hydroxylation is 1. The zero-order valence-electron chi connectivity index (χ0n) is 16.1. The summed E-state index contributed by atoms with van der Waals surface area (Å²) < 4.78 is 26.6. The third-order valence-electron chi connectivity index (χ3n) is 4.55. The third-order valence-corrected chi connectivity index (χ3v) is 7.43. The van der Waals surface area contributed by atoms with Gasteiger partial charge in [0.1, 0.15) is 10.7 Å². The number of nitrogens with zero attached hydrogens (tertiary/aromatic N) is 3. The average Bonchev–Trinajstić information content (AvgIpc) is 2.75. The summed E-state index contributed by atoms with van der Waals surface area (Å²) in [4.78, 5) is 10.2. The predicted octanol–water partition coefficient (Wildman–Crippen LogP) is 5.13. The lowest BCUT2D eigenvalue weighted by Gasteiger charge is -2.15. The average molecular weight is 432 g/mol. The molecule has 0 saturated carbocycles. The summed E-state index contributed by atoms with van der Waals surface area (Å²) in [5.74, 6) is 0. The van der Waals surface area contributed by atoms with Crippen LogP contribution in [-0.2, 0) is 9.84 Å². The first kappa shape index (κ1) is 20.1. The van der Waals surface area contributed by atoms with Crippen molar-refractivity contribution in [2.75, 3.05) is 0 Å². The molecule has 0 saturated heterocycles. The minimum Gasteiger partial charge on any atom is -0.246 e. The van der Waals surface area contributed by atoms with Crippen LogP contribution >= 0.6 is 11.8 Å². The van der Waals surface area contributed by atoms with Gasteiger partial charge in [0.2, 0.25) is 0 Å². The third kappa shape index (κ3) is 3.92. The highest BCUT2D eigenvalue weighted by molar-refractivity contribution is 7.99. The van der Waals surface area contributed by atoms with Crippen molar-refractivity contribution in [1.82, 2.24) is 9.97 Å². The van der Waals surface area contributed by atoms with Crippen molar-refractivity contribution in [3.05, 3.63) is 90.1 Å². The molecule has 30 heavy (non-hydrogen) atoms. The minimum absolute atomic E-state index is 0.0882. The molecule has 7 heteroatoms. The Hall–Kier alpha value is -3.21. The van der Waals surface area contributed by atoms with Crippen LogP contribution in [0.3, 0.4) is 0 Å². The number of nitriles is 1. The van der Waals surface area contributed by atoms with Crippen LogP contribution in [0.25, 0.3) is 11.0 Å². The van der Waals surface area contributed by atoms with Gasteiger partial charge in [-0.05, 0) is 43.3 Å². The van der Waals surface area contributed by atoms with Gasteiger partial charge in [-0.2, -0.15) is 5.26 Å². The number of fused-ring (bicyclic) bond motifs is 1. The van der Waals surface area contributed by atoms with Crippen LogP contribution < -0.4 is 0 Å². The maximum absolute atomic E-state index is 13.3. The van der Waals surface area contributed by atoms with E-state index in [0.29, 0.717) is 16.1 Å². The van der Waals surface area contributed by atoms with E-state index in [9.17, 15) is 13.7 Å². The number of hydrogen-bond donors (Lipinski definition) is 0. The number of rotatable bonds is 5. The standard InChI is InChI=1S/C23H17N3O2S2/c1-16-11-13-18(14-12-16)30(27,28)21(15-24)22-23(29-17-7-3-2-4-8-17)26-20-10-6-5-9-19(20)25-22/h2-14,21H,1H3/t21-/m0/s1. The number of para-hydroxylation sites is 2. The van der Waals surface area contributed by atoms with Crippen LogP contribution in [0, 0.1) is 18.3 Å². The van der Waals surface area contributed by atoms with Crippen molar-refractivity contribution >= 4 is 32.6 Å². The molecular formula is C23H17N3O2S2. The van der Waals surface area contributed by atoms with E-state index in [1.807, 2.05) is 55.5 Å². The number of hydrogen-bond acceptors (Lipinski definition) is 6. The van der Waals surface area contributed by atoms with Crippen LogP contribution in [0.15, 0.2) is 93.7 Å². The van der Waals surface area contributed by atoms with Gasteiger partial charge in [-0.25, -0.2) is 18.4 Å². The second kappa shape index (κ2) is 8.27. The lowest BCUT2D eigenvalue weighted by atomic mass is 10.2. The summed E-state index contributed by atoms with van der Waals surface area (Å²) in [7, 11) is -3.98. The van der Waals surface area contributed by atoms with Crippen molar-refractivity contribution in [2.45, 2.75) is 27.0 Å². The molecular weight excluding hydrogens is 414 g/mol. The lowest BCUT2D eigenvalue weighted by Crippen LogP contribution is -2.15. The lowest BCUT2D eigenvalue weighted by molar-refractivity contribution is 0.589. The van der Waals surface area contributed by atoms with Crippen LogP contribution in [0.1, 0.15) is 16.5 Å². The van der Waals surface area contributed by atoms with Gasteiger partial charge in [0.15, 0.2) is 15.1 Å². The fraction of sp³-hybridized carbons (Fsp3) is 0.0870. The van der Waals surface area contributed by atoms with Crippen LogP contribution in [-0.4, -0.2) is 18.4 Å². The second-order valence-electron chi connectivity index (χ2n) is 6.69. The monoisotopic (exact) mass is 431 g/mol. The first-order valence-electron chi connectivity index (χ1n) is 9.19. The van der Waals surface area contributed by atoms with Crippen molar-refractivity contribution < 1.29 is 8.42 Å². The van der Waals surface area contributed by atoms with Gasteiger partial charge in [0, 0.05) is 4.90 Å². The minimum atomic E-state index is -3.98. The summed E-state index contributed by atoms with van der Waals surface area (Å²) in [6.45, 7) is 1.88. The Morgan fingerprint density at radius 1 is 0.867 bits per heavy atom. The van der Waals surface area contributed by atoms with E-state index in [2.05, 4.69) is 9.97 Å². The molecule has 1 atom stereocenters. The van der Waals surface area contributed by atoms with Gasteiger partial charge < -0.3 is 0 Å². The molecule has 148 valence electrons. The molecule has 0 aliphatic heterocycles. The van der Waals surface area contributed by atoms with E-state index in [1.165, 1.54) is 23.9 Å². The van der Waals surface area contributed by atoms with Gasteiger partial charge in [0.25, 0.3) is 0 Å². The van der Waals surface area contributed by atoms with E-state index < -0.39 is 15.1 Å². The van der Waals surface area contributed by atoms with Gasteiger partial charge >= 0.3 is 0 Å². The first-order valence-corrected chi connectivity index (χ1v) is 11.5. The number of benzene rings is 3. The van der Waals surface area contributed by atoms with Gasteiger partial charge in [-0.3, -0.25) is 0 Å². The Kier molecular flexibility index (Phi) is 5.53. The van der Waals surface area contributed by atoms with Gasteiger partial charge in [-0.1, -0.05) is 59.8 Å². The maximum atomic E-state index is 13.3. The normalized spacial score (nSPS) is 12.4. The first-order chi connectivity index (χ1) is 14.5. The Labute approximate surface area is 179 Å². The summed E-state index contributed by atoms with van der Waals surface area (Å²) in [6, 6.07) is 25.1. The molecule has 1 heterocycles. The van der Waals surface area contributed by atoms with E-state index in [4.69, 9.17) is 0 Å². The quantitative estimate of drug-likeness (QED) is 0.436. The van der Waals surface area contributed by atoms with E-state index in [-0.39, 0.29) is 10.6 Å². The van der Waals surface area contributed by atoms with Crippen molar-refractivity contribution in [1.29, 1.82) is 5.26 Å². The molecule has 0 unspecified atom stereocenters. The molecule has 5 nitrogen and oxygen atoms in total. The molecule has 4 rings (SSSR count). The van der Waals surface area contributed by atoms with Crippen molar-refractivity contribution in [3.8, 4) is 6.07 Å². The molecule has 0 radical (unpaired) electrons. The summed E-state index contributed by atoms with van der Waals surface area (Å²) in [6.07, 6.45) is 0. The molecule has 4 aromatic rings. The fourth-order valence-electron chi connectivity index (χ4n) is 2.99. The number of sulfone groups is 1. The maximum Gasteiger partial charge on any atom is 0.200 e. The van der Waals surface area contributed by atoms with Gasteiger partial charge in [-0.15, -0.1) is 0 Å². The fourth-order valence-corrected chi connectivity index (χ4v) is 5.37. The van der Waals surface area contributed by atoms with Gasteiger partial charge in [0.05, 0.1) is 22.0 Å². The van der Waals surface area contributed by atoms with Crippen LogP contribution in [0.5, 0.6) is 0 Å². The zero-order valence-corrected chi connectivity index (χ0v) is 17.7. The highest BCUT2D eigenvalue weighted by Gasteiger charge is 2.33. The zero-order chi connectivity index (χ0) is 21.1. The van der Waals surface area contributed by atoms with E-state index >= 15 is 0 Å². The molecule has 0 fully saturated rings. The van der Waals surface area contributed by atoms with Crippen LogP contribution in [0.4, 0.5) is 0 Å². The Balaban J connectivity index is 1.89. The van der Waals surface area contributed by atoms with Crippen LogP contribution in [0.2, 0.25) is 0 Å². The summed E-state index contributed by atoms with van der Waals surface area (Å²) in [5.41, 5.74) is 2.27.